The van der Waals surface area contributed by atoms with Gasteiger partial charge in [-0.05, 0) is 18.1 Å². The van der Waals surface area contributed by atoms with Crippen LogP contribution in [0.3, 0.4) is 0 Å². The maximum atomic E-state index is 11.7. The molecule has 0 radical (unpaired) electrons. The number of nitrogens with two attached hydrogens (primary N) is 1. The summed E-state index contributed by atoms with van der Waals surface area (Å²) in [6, 6.07) is 3.22. The van der Waals surface area contributed by atoms with E-state index < -0.39 is 5.91 Å². The molecule has 0 unspecified atom stereocenters. The van der Waals surface area contributed by atoms with Crippen molar-refractivity contribution in [1.29, 1.82) is 0 Å². The molecule has 0 aliphatic heterocycles. The topological polar surface area (TPSA) is 97.1 Å². The fourth-order valence-electron chi connectivity index (χ4n) is 1.23. The molecule has 98 valence electrons. The van der Waals surface area contributed by atoms with Gasteiger partial charge in [-0.3, -0.25) is 9.59 Å². The van der Waals surface area contributed by atoms with Crippen LogP contribution in [0.25, 0.3) is 0 Å². The highest BCUT2D eigenvalue weighted by Crippen LogP contribution is 2.05. The number of rotatable bonds is 5. The van der Waals surface area contributed by atoms with Gasteiger partial charge in [0.15, 0.2) is 5.69 Å². The molecule has 0 aliphatic carbocycles. The molecule has 0 spiro atoms. The zero-order valence-electron chi connectivity index (χ0n) is 10.6. The first-order valence-electron chi connectivity index (χ1n) is 5.76. The maximum absolute atomic E-state index is 11.7. The van der Waals surface area contributed by atoms with Crippen LogP contribution in [-0.2, 0) is 4.79 Å². The number of nitrogens with zero attached hydrogens (tertiary/aromatic N) is 1. The van der Waals surface area contributed by atoms with E-state index in [4.69, 9.17) is 5.73 Å². The predicted octanol–water partition coefficient (Wildman–Crippen LogP) is 0.166. The highest BCUT2D eigenvalue weighted by Gasteiger charge is 2.11. The van der Waals surface area contributed by atoms with E-state index in [0.717, 1.165) is 0 Å². The summed E-state index contributed by atoms with van der Waals surface area (Å²) in [6.45, 7) is 4.49. The minimum absolute atomic E-state index is 0.0818. The molecule has 4 N–H and O–H groups in total. The minimum atomic E-state index is -0.451. The van der Waals surface area contributed by atoms with E-state index in [1.807, 2.05) is 13.8 Å². The fraction of sp³-hybridized carbons (Fsp3) is 0.417. The van der Waals surface area contributed by atoms with Crippen LogP contribution in [0, 0.1) is 5.92 Å². The molecular formula is C12H18N4O2. The van der Waals surface area contributed by atoms with Crippen molar-refractivity contribution in [3.63, 3.8) is 0 Å². The van der Waals surface area contributed by atoms with Crippen LogP contribution in [-0.4, -0.2) is 29.9 Å². The van der Waals surface area contributed by atoms with Crippen molar-refractivity contribution in [3.8, 4) is 0 Å². The number of carbonyl (C=O) groups is 2. The highest BCUT2D eigenvalue weighted by atomic mass is 16.2. The molecular weight excluding hydrogens is 232 g/mol. The van der Waals surface area contributed by atoms with Crippen molar-refractivity contribution in [3.05, 3.63) is 24.0 Å². The van der Waals surface area contributed by atoms with E-state index in [-0.39, 0.29) is 23.8 Å². The second-order valence-corrected chi connectivity index (χ2v) is 4.32. The number of aromatic nitrogens is 1. The second-order valence-electron chi connectivity index (χ2n) is 4.32. The predicted molar refractivity (Wildman–Crippen MR) is 68.8 cm³/mol. The van der Waals surface area contributed by atoms with Gasteiger partial charge in [0.1, 0.15) is 0 Å². The molecule has 1 rings (SSSR count). The smallest absolute Gasteiger partial charge is 0.272 e. The van der Waals surface area contributed by atoms with Gasteiger partial charge in [-0.1, -0.05) is 13.8 Å². The molecule has 2 amide bonds. The van der Waals surface area contributed by atoms with Gasteiger partial charge in [0.2, 0.25) is 5.91 Å². The average Bonchev–Trinajstić information content (AvgIpc) is 2.34. The van der Waals surface area contributed by atoms with Gasteiger partial charge in [-0.2, -0.15) is 0 Å². The number of nitrogen functional groups attached to an aromatic ring is 1. The summed E-state index contributed by atoms with van der Waals surface area (Å²) in [4.78, 5) is 26.9. The number of amides is 2. The summed E-state index contributed by atoms with van der Waals surface area (Å²) in [5.41, 5.74) is 6.03. The Labute approximate surface area is 106 Å². The van der Waals surface area contributed by atoms with Gasteiger partial charge < -0.3 is 16.4 Å². The molecule has 1 aromatic heterocycles. The van der Waals surface area contributed by atoms with Crippen LogP contribution >= 0.6 is 0 Å². The zero-order chi connectivity index (χ0) is 13.5. The number of pyridine rings is 1. The number of nitrogens with one attached hydrogen (secondary N) is 2. The van der Waals surface area contributed by atoms with E-state index in [9.17, 15) is 9.59 Å². The lowest BCUT2D eigenvalue weighted by atomic mass is 10.2. The Morgan fingerprint density at radius 3 is 2.72 bits per heavy atom. The summed E-state index contributed by atoms with van der Waals surface area (Å²) in [7, 11) is 0. The molecule has 0 aromatic carbocycles. The molecule has 1 aromatic rings. The molecule has 0 atom stereocenters. The summed E-state index contributed by atoms with van der Waals surface area (Å²) >= 11 is 0. The zero-order valence-corrected chi connectivity index (χ0v) is 10.6. The molecule has 6 nitrogen and oxygen atoms in total. The van der Waals surface area contributed by atoms with E-state index in [0.29, 0.717) is 12.5 Å². The van der Waals surface area contributed by atoms with Crippen molar-refractivity contribution >= 4 is 17.5 Å². The Morgan fingerprint density at radius 1 is 1.39 bits per heavy atom. The van der Waals surface area contributed by atoms with Crippen LogP contribution in [0.2, 0.25) is 0 Å². The first-order chi connectivity index (χ1) is 8.50. The van der Waals surface area contributed by atoms with Gasteiger partial charge in [0.05, 0.1) is 12.2 Å². The third-order valence-electron chi connectivity index (χ3n) is 2.17. The molecule has 0 saturated carbocycles. The van der Waals surface area contributed by atoms with Crippen LogP contribution in [0.15, 0.2) is 18.3 Å². The largest absolute Gasteiger partial charge is 0.397 e. The number of hydrogen-bond acceptors (Lipinski definition) is 4. The summed E-state index contributed by atoms with van der Waals surface area (Å²) < 4.78 is 0. The molecule has 18 heavy (non-hydrogen) atoms. The first kappa shape index (κ1) is 14.0. The second kappa shape index (κ2) is 6.58. The Morgan fingerprint density at radius 2 is 2.11 bits per heavy atom. The summed E-state index contributed by atoms with van der Waals surface area (Å²) in [6.07, 6.45) is 1.48. The molecule has 0 bridgehead atoms. The van der Waals surface area contributed by atoms with Gasteiger partial charge in [-0.25, -0.2) is 4.98 Å². The van der Waals surface area contributed by atoms with E-state index >= 15 is 0 Å². The van der Waals surface area contributed by atoms with Crippen LogP contribution in [0.5, 0.6) is 0 Å². The van der Waals surface area contributed by atoms with Crippen molar-refractivity contribution < 1.29 is 9.59 Å². The first-order valence-corrected chi connectivity index (χ1v) is 5.76. The highest BCUT2D eigenvalue weighted by molar-refractivity contribution is 5.98. The Bertz CT molecular complexity index is 432. The summed E-state index contributed by atoms with van der Waals surface area (Å²) in [5.74, 6) is -0.310. The molecule has 6 heteroatoms. The third kappa shape index (κ3) is 4.40. The molecule has 0 aliphatic rings. The van der Waals surface area contributed by atoms with Crippen molar-refractivity contribution in [1.82, 2.24) is 15.6 Å². The van der Waals surface area contributed by atoms with Gasteiger partial charge in [0.25, 0.3) is 5.91 Å². The van der Waals surface area contributed by atoms with Crippen LogP contribution in [0.1, 0.15) is 24.3 Å². The SMILES string of the molecule is CC(C)CNC(=O)CNC(=O)c1ncccc1N. The molecule has 0 fully saturated rings. The van der Waals surface area contributed by atoms with Gasteiger partial charge in [0, 0.05) is 12.7 Å². The third-order valence-corrected chi connectivity index (χ3v) is 2.17. The minimum Gasteiger partial charge on any atom is -0.397 e. The van der Waals surface area contributed by atoms with Gasteiger partial charge in [-0.15, -0.1) is 0 Å². The fourth-order valence-corrected chi connectivity index (χ4v) is 1.23. The standard InChI is InChI=1S/C12H18N4O2/c1-8(2)6-15-10(17)7-16-12(18)11-9(13)4-3-5-14-11/h3-5,8H,6-7,13H2,1-2H3,(H,15,17)(H,16,18). The van der Waals surface area contributed by atoms with E-state index in [1.54, 1.807) is 12.1 Å². The number of hydrogen-bond donors (Lipinski definition) is 3. The maximum Gasteiger partial charge on any atom is 0.272 e. The van der Waals surface area contributed by atoms with Crippen LogP contribution in [0.4, 0.5) is 5.69 Å². The molecule has 0 saturated heterocycles. The lowest BCUT2D eigenvalue weighted by Crippen LogP contribution is -2.38. The van der Waals surface area contributed by atoms with Gasteiger partial charge >= 0.3 is 0 Å². The van der Waals surface area contributed by atoms with E-state index in [1.165, 1.54) is 6.20 Å². The summed E-state index contributed by atoms with van der Waals surface area (Å²) in [5, 5.41) is 5.17. The lowest BCUT2D eigenvalue weighted by molar-refractivity contribution is -0.120. The quantitative estimate of drug-likeness (QED) is 0.693. The Kier molecular flexibility index (Phi) is 5.10. The monoisotopic (exact) mass is 250 g/mol. The normalized spacial score (nSPS) is 10.2. The lowest BCUT2D eigenvalue weighted by Gasteiger charge is -2.09. The Hall–Kier alpha value is -2.11. The number of anilines is 1. The molecule has 1 heterocycles. The van der Waals surface area contributed by atoms with Crippen LogP contribution < -0.4 is 16.4 Å². The van der Waals surface area contributed by atoms with E-state index in [2.05, 4.69) is 15.6 Å². The van der Waals surface area contributed by atoms with Crippen molar-refractivity contribution in [2.24, 2.45) is 5.92 Å². The number of carbonyl (C=O) groups excluding carboxylic acids is 2. The Balaban J connectivity index is 2.42. The average molecular weight is 250 g/mol. The van der Waals surface area contributed by atoms with Crippen molar-refractivity contribution in [2.45, 2.75) is 13.8 Å². The van der Waals surface area contributed by atoms with Crippen molar-refractivity contribution in [2.75, 3.05) is 18.8 Å².